The van der Waals surface area contributed by atoms with Crippen LogP contribution in [0.5, 0.6) is 0 Å². The Bertz CT molecular complexity index is 2070. The van der Waals surface area contributed by atoms with Crippen molar-refractivity contribution in [3.63, 3.8) is 0 Å². The smallest absolute Gasteiger partial charge is 0.137 e. The first-order valence-electron chi connectivity index (χ1n) is 19.0. The van der Waals surface area contributed by atoms with Crippen LogP contribution in [0.25, 0.3) is 21.9 Å². The van der Waals surface area contributed by atoms with Gasteiger partial charge in [-0.3, -0.25) is 16.0 Å². The van der Waals surface area contributed by atoms with E-state index in [0.29, 0.717) is 12.0 Å². The molecule has 252 valence electrons. The number of nitrogens with zero attached hydrogens (tertiary/aromatic N) is 1. The molecule has 3 fully saturated rings. The average Bonchev–Trinajstić information content (AvgIpc) is 3.73. The van der Waals surface area contributed by atoms with E-state index in [1.54, 1.807) is 5.56 Å². The fraction of sp³-hybridized carbons (Fsp3) is 0.333. The van der Waals surface area contributed by atoms with Crippen LogP contribution in [0.2, 0.25) is 0 Å². The number of furan rings is 1. The van der Waals surface area contributed by atoms with Crippen molar-refractivity contribution in [2.45, 2.75) is 81.8 Å². The van der Waals surface area contributed by atoms with Crippen molar-refractivity contribution < 1.29 is 4.42 Å². The van der Waals surface area contributed by atoms with Crippen molar-refractivity contribution in [3.8, 4) is 0 Å². The predicted molar refractivity (Wildman–Crippen MR) is 203 cm³/mol. The van der Waals surface area contributed by atoms with E-state index in [2.05, 4.69) is 142 Å². The summed E-state index contributed by atoms with van der Waals surface area (Å²) in [5.74, 6) is 2.43. The highest BCUT2D eigenvalue weighted by Gasteiger charge is 2.44. The van der Waals surface area contributed by atoms with Crippen LogP contribution in [0, 0.1) is 11.8 Å². The van der Waals surface area contributed by atoms with E-state index >= 15 is 0 Å². The first-order valence-corrected chi connectivity index (χ1v) is 19.0. The second-order valence-corrected chi connectivity index (χ2v) is 15.2. The average molecular weight is 659 g/mol. The fourth-order valence-electron chi connectivity index (χ4n) is 10.0. The van der Waals surface area contributed by atoms with Gasteiger partial charge in [0.05, 0.1) is 18.5 Å². The molecule has 3 N–H and O–H groups in total. The molecule has 2 aliphatic carbocycles. The zero-order valence-electron chi connectivity index (χ0n) is 28.6. The van der Waals surface area contributed by atoms with Gasteiger partial charge in [-0.2, -0.15) is 0 Å². The molecule has 5 unspecified atom stereocenters. The maximum atomic E-state index is 6.73. The van der Waals surface area contributed by atoms with E-state index in [1.165, 1.54) is 79.3 Å². The molecule has 50 heavy (non-hydrogen) atoms. The summed E-state index contributed by atoms with van der Waals surface area (Å²) in [6, 6.07) is 44.7. The first kappa shape index (κ1) is 30.4. The number of fused-ring (bicyclic) bond motifs is 6. The summed E-state index contributed by atoms with van der Waals surface area (Å²) in [4.78, 5) is 2.66. The lowest BCUT2D eigenvalue weighted by molar-refractivity contribution is 0.175. The summed E-state index contributed by atoms with van der Waals surface area (Å²) < 4.78 is 6.73. The molecule has 1 aromatic heterocycles. The third-order valence-electron chi connectivity index (χ3n) is 12.5. The fourth-order valence-corrected chi connectivity index (χ4v) is 10.0. The molecule has 0 radical (unpaired) electrons. The van der Waals surface area contributed by atoms with E-state index in [9.17, 15) is 0 Å². The van der Waals surface area contributed by atoms with Gasteiger partial charge in [-0.25, -0.2) is 0 Å². The van der Waals surface area contributed by atoms with Crippen molar-refractivity contribution in [1.82, 2.24) is 16.0 Å². The molecule has 0 amide bonds. The monoisotopic (exact) mass is 658 g/mol. The molecule has 10 rings (SSSR count). The normalized spacial score (nSPS) is 27.0. The van der Waals surface area contributed by atoms with Crippen LogP contribution in [0.15, 0.2) is 126 Å². The molecular formula is C45H46N4O. The Morgan fingerprint density at radius 1 is 0.520 bits per heavy atom. The molecule has 1 saturated heterocycles. The molecular weight excluding hydrogens is 613 g/mol. The van der Waals surface area contributed by atoms with Gasteiger partial charge >= 0.3 is 0 Å². The third kappa shape index (κ3) is 5.35. The summed E-state index contributed by atoms with van der Waals surface area (Å²) in [5, 5.41) is 13.8. The van der Waals surface area contributed by atoms with Gasteiger partial charge < -0.3 is 9.32 Å². The van der Waals surface area contributed by atoms with Gasteiger partial charge in [-0.1, -0.05) is 123 Å². The maximum Gasteiger partial charge on any atom is 0.137 e. The lowest BCUT2D eigenvalue weighted by Gasteiger charge is -2.41. The van der Waals surface area contributed by atoms with E-state index in [4.69, 9.17) is 4.42 Å². The van der Waals surface area contributed by atoms with E-state index in [0.717, 1.165) is 34.0 Å². The molecule has 2 saturated carbocycles. The highest BCUT2D eigenvalue weighted by molar-refractivity contribution is 6.06. The number of nitrogens with one attached hydrogen (secondary N) is 3. The Labute approximate surface area is 295 Å². The van der Waals surface area contributed by atoms with Crippen LogP contribution in [0.3, 0.4) is 0 Å². The zero-order chi connectivity index (χ0) is 33.0. The Morgan fingerprint density at radius 2 is 1.14 bits per heavy atom. The standard InChI is InChI=1S/C45H46N4O/c1-4-12-29(13-5-1)32-21-25-40-38(26-32)35-18-10-11-19-39(35)49(40)34-22-24-37-36-23-20-33(27-41(36)50-42(37)28-34)45-47-43(30-14-6-2-7-15-30)46-44(48-45)31-16-8-3-9-17-31/h2-3,6-11,14-20,22-24,27-29,32,38,40,43-48H,1,4-5,12-13,21,25-26H2. The SMILES string of the molecule is c1ccc(C2NC(c3ccccc3)NC(c3ccc4c(c3)oc3cc(N5c6ccccc6C6CC(C7CCCCC7)CCC65)ccc34)N2)cc1. The molecule has 3 heterocycles. The summed E-state index contributed by atoms with van der Waals surface area (Å²) in [7, 11) is 0. The summed E-state index contributed by atoms with van der Waals surface area (Å²) >= 11 is 0. The second kappa shape index (κ2) is 12.7. The van der Waals surface area contributed by atoms with Crippen LogP contribution in [0.1, 0.15) is 98.0 Å². The molecule has 5 aromatic carbocycles. The van der Waals surface area contributed by atoms with Crippen molar-refractivity contribution in [3.05, 3.63) is 144 Å². The molecule has 4 aliphatic rings. The van der Waals surface area contributed by atoms with E-state index in [-0.39, 0.29) is 18.5 Å². The Kier molecular flexibility index (Phi) is 7.74. The van der Waals surface area contributed by atoms with Gasteiger partial charge in [0, 0.05) is 40.2 Å². The highest BCUT2D eigenvalue weighted by Crippen LogP contribution is 2.54. The summed E-state index contributed by atoms with van der Waals surface area (Å²) in [5.41, 5.74) is 9.68. The molecule has 2 aliphatic heterocycles. The first-order chi connectivity index (χ1) is 24.8. The Balaban J connectivity index is 0.963. The minimum absolute atomic E-state index is 0.00789. The van der Waals surface area contributed by atoms with E-state index in [1.807, 2.05) is 0 Å². The van der Waals surface area contributed by atoms with Gasteiger partial charge in [0.25, 0.3) is 0 Å². The van der Waals surface area contributed by atoms with Gasteiger partial charge in [-0.05, 0) is 77.6 Å². The van der Waals surface area contributed by atoms with Crippen molar-refractivity contribution in [1.29, 1.82) is 0 Å². The van der Waals surface area contributed by atoms with Crippen molar-refractivity contribution in [2.24, 2.45) is 11.8 Å². The van der Waals surface area contributed by atoms with Gasteiger partial charge in [0.1, 0.15) is 11.2 Å². The second-order valence-electron chi connectivity index (χ2n) is 15.2. The van der Waals surface area contributed by atoms with Gasteiger partial charge in [0.2, 0.25) is 0 Å². The third-order valence-corrected chi connectivity index (χ3v) is 12.5. The van der Waals surface area contributed by atoms with Crippen LogP contribution >= 0.6 is 0 Å². The molecule has 0 spiro atoms. The van der Waals surface area contributed by atoms with Crippen LogP contribution in [0.4, 0.5) is 11.4 Å². The van der Waals surface area contributed by atoms with E-state index < -0.39 is 0 Å². The molecule has 5 nitrogen and oxygen atoms in total. The van der Waals surface area contributed by atoms with Crippen molar-refractivity contribution >= 4 is 33.3 Å². The Morgan fingerprint density at radius 3 is 1.86 bits per heavy atom. The van der Waals surface area contributed by atoms with Gasteiger partial charge in [-0.15, -0.1) is 0 Å². The van der Waals surface area contributed by atoms with Crippen LogP contribution in [-0.2, 0) is 0 Å². The highest BCUT2D eigenvalue weighted by atomic mass is 16.3. The topological polar surface area (TPSA) is 52.5 Å². The number of hydrogen-bond acceptors (Lipinski definition) is 5. The number of hydrogen-bond donors (Lipinski definition) is 3. The molecule has 6 aromatic rings. The number of benzene rings is 5. The Hall–Kier alpha value is -4.42. The van der Waals surface area contributed by atoms with Crippen LogP contribution in [-0.4, -0.2) is 6.04 Å². The number of anilines is 2. The maximum absolute atomic E-state index is 6.73. The number of rotatable bonds is 5. The zero-order valence-corrected chi connectivity index (χ0v) is 28.6. The largest absolute Gasteiger partial charge is 0.456 e. The quantitative estimate of drug-likeness (QED) is 0.172. The summed E-state index contributed by atoms with van der Waals surface area (Å²) in [6.07, 6.45) is 11.1. The predicted octanol–water partition coefficient (Wildman–Crippen LogP) is 10.7. The minimum atomic E-state index is -0.0680. The minimum Gasteiger partial charge on any atom is -0.456 e. The van der Waals surface area contributed by atoms with Gasteiger partial charge in [0.15, 0.2) is 0 Å². The lowest BCUT2D eigenvalue weighted by atomic mass is 9.68. The molecule has 0 bridgehead atoms. The summed E-state index contributed by atoms with van der Waals surface area (Å²) in [6.45, 7) is 0. The molecule has 5 heteroatoms. The lowest BCUT2D eigenvalue weighted by Crippen LogP contribution is -2.54. The van der Waals surface area contributed by atoms with Crippen molar-refractivity contribution in [2.75, 3.05) is 4.90 Å². The van der Waals surface area contributed by atoms with Crippen LogP contribution < -0.4 is 20.9 Å². The molecule has 5 atom stereocenters. The number of para-hydroxylation sites is 1.